The SMILES string of the molecule is CC(C)c1noc([C@H](N[C@@H](C)CCn2cccn2)C2CCOCC2)n1. The summed E-state index contributed by atoms with van der Waals surface area (Å²) in [5.74, 6) is 2.21. The molecule has 1 saturated heterocycles. The van der Waals surface area contributed by atoms with Crippen LogP contribution in [0.15, 0.2) is 23.0 Å². The highest BCUT2D eigenvalue weighted by Gasteiger charge is 2.31. The van der Waals surface area contributed by atoms with Crippen molar-refractivity contribution < 1.29 is 9.26 Å². The maximum absolute atomic E-state index is 5.61. The Bertz CT molecular complexity index is 619. The smallest absolute Gasteiger partial charge is 0.244 e. The van der Waals surface area contributed by atoms with E-state index in [0.29, 0.717) is 17.9 Å². The van der Waals surface area contributed by atoms with Crippen LogP contribution in [0.1, 0.15) is 63.7 Å². The van der Waals surface area contributed by atoms with Gasteiger partial charge in [-0.15, -0.1) is 0 Å². The molecule has 7 heteroatoms. The summed E-state index contributed by atoms with van der Waals surface area (Å²) in [6, 6.07) is 2.36. The second-order valence-electron chi connectivity index (χ2n) is 7.20. The molecule has 138 valence electrons. The number of hydrogen-bond acceptors (Lipinski definition) is 6. The molecule has 0 aromatic carbocycles. The van der Waals surface area contributed by atoms with Crippen LogP contribution >= 0.6 is 0 Å². The first-order valence-corrected chi connectivity index (χ1v) is 9.28. The molecule has 2 aromatic rings. The summed E-state index contributed by atoms with van der Waals surface area (Å²) >= 11 is 0. The zero-order valence-corrected chi connectivity index (χ0v) is 15.4. The van der Waals surface area contributed by atoms with E-state index in [9.17, 15) is 0 Å². The Morgan fingerprint density at radius 2 is 2.08 bits per heavy atom. The van der Waals surface area contributed by atoms with Gasteiger partial charge >= 0.3 is 0 Å². The minimum absolute atomic E-state index is 0.0801. The van der Waals surface area contributed by atoms with Gasteiger partial charge in [0, 0.05) is 44.1 Å². The highest BCUT2D eigenvalue weighted by atomic mass is 16.5. The Balaban J connectivity index is 1.66. The third kappa shape index (κ3) is 4.89. The molecule has 7 nitrogen and oxygen atoms in total. The highest BCUT2D eigenvalue weighted by molar-refractivity contribution is 4.99. The molecular weight excluding hydrogens is 318 g/mol. The Labute approximate surface area is 149 Å². The van der Waals surface area contributed by atoms with Gasteiger partial charge in [-0.3, -0.25) is 4.68 Å². The molecule has 1 N–H and O–H groups in total. The first-order valence-electron chi connectivity index (χ1n) is 9.28. The van der Waals surface area contributed by atoms with Crippen LogP contribution in [0.25, 0.3) is 0 Å². The summed E-state index contributed by atoms with van der Waals surface area (Å²) in [7, 11) is 0. The molecule has 1 aliphatic rings. The minimum Gasteiger partial charge on any atom is -0.381 e. The molecule has 2 atom stereocenters. The summed E-state index contributed by atoms with van der Waals surface area (Å²) in [6.45, 7) is 8.86. The predicted octanol–water partition coefficient (Wildman–Crippen LogP) is 2.93. The van der Waals surface area contributed by atoms with E-state index < -0.39 is 0 Å². The number of aromatic nitrogens is 4. The van der Waals surface area contributed by atoms with Crippen LogP contribution in [0.5, 0.6) is 0 Å². The average molecular weight is 347 g/mol. The van der Waals surface area contributed by atoms with Gasteiger partial charge in [-0.05, 0) is 38.2 Å². The van der Waals surface area contributed by atoms with Gasteiger partial charge in [-0.25, -0.2) is 0 Å². The summed E-state index contributed by atoms with van der Waals surface area (Å²) in [5, 5.41) is 12.1. The van der Waals surface area contributed by atoms with Crippen LogP contribution in [0.3, 0.4) is 0 Å². The largest absolute Gasteiger partial charge is 0.381 e. The van der Waals surface area contributed by atoms with Crippen molar-refractivity contribution in [1.82, 2.24) is 25.2 Å². The van der Waals surface area contributed by atoms with Gasteiger partial charge in [0.2, 0.25) is 5.89 Å². The van der Waals surface area contributed by atoms with Crippen molar-refractivity contribution in [2.45, 2.75) is 64.6 Å². The zero-order valence-electron chi connectivity index (χ0n) is 15.4. The van der Waals surface area contributed by atoms with E-state index in [4.69, 9.17) is 9.26 Å². The highest BCUT2D eigenvalue weighted by Crippen LogP contribution is 2.30. The van der Waals surface area contributed by atoms with Gasteiger partial charge in [0.1, 0.15) is 0 Å². The van der Waals surface area contributed by atoms with Crippen LogP contribution in [-0.4, -0.2) is 39.2 Å². The molecular formula is C18H29N5O2. The molecule has 1 aliphatic heterocycles. The maximum Gasteiger partial charge on any atom is 0.244 e. The molecule has 0 saturated carbocycles. The van der Waals surface area contributed by atoms with Crippen molar-refractivity contribution in [3.05, 3.63) is 30.2 Å². The molecule has 0 aliphatic carbocycles. The lowest BCUT2D eigenvalue weighted by Crippen LogP contribution is -2.38. The van der Waals surface area contributed by atoms with Gasteiger partial charge in [-0.2, -0.15) is 10.1 Å². The van der Waals surface area contributed by atoms with E-state index in [1.807, 2.05) is 23.1 Å². The van der Waals surface area contributed by atoms with E-state index in [2.05, 4.69) is 41.3 Å². The first-order chi connectivity index (χ1) is 12.1. The monoisotopic (exact) mass is 347 g/mol. The minimum atomic E-state index is 0.0801. The van der Waals surface area contributed by atoms with Crippen molar-refractivity contribution in [3.63, 3.8) is 0 Å². The van der Waals surface area contributed by atoms with Gasteiger partial charge < -0.3 is 14.6 Å². The predicted molar refractivity (Wildman–Crippen MR) is 94.1 cm³/mol. The molecule has 3 rings (SSSR count). The summed E-state index contributed by atoms with van der Waals surface area (Å²) < 4.78 is 13.1. The number of nitrogens with zero attached hydrogens (tertiary/aromatic N) is 4. The van der Waals surface area contributed by atoms with Gasteiger partial charge in [0.25, 0.3) is 0 Å². The fraction of sp³-hybridized carbons (Fsp3) is 0.722. The third-order valence-corrected chi connectivity index (χ3v) is 4.79. The Kier molecular flexibility index (Phi) is 6.20. The fourth-order valence-corrected chi connectivity index (χ4v) is 3.21. The molecule has 1 fully saturated rings. The van der Waals surface area contributed by atoms with Crippen molar-refractivity contribution in [1.29, 1.82) is 0 Å². The first kappa shape index (κ1) is 18.1. The summed E-state index contributed by atoms with van der Waals surface area (Å²) in [4.78, 5) is 4.65. The third-order valence-electron chi connectivity index (χ3n) is 4.79. The Hall–Kier alpha value is -1.73. The number of aryl methyl sites for hydroxylation is 1. The molecule has 2 aromatic heterocycles. The van der Waals surface area contributed by atoms with E-state index in [1.54, 1.807) is 0 Å². The number of ether oxygens (including phenoxy) is 1. The molecule has 0 radical (unpaired) electrons. The van der Waals surface area contributed by atoms with Crippen molar-refractivity contribution >= 4 is 0 Å². The molecule has 25 heavy (non-hydrogen) atoms. The normalized spacial score (nSPS) is 18.6. The van der Waals surface area contributed by atoms with E-state index in [-0.39, 0.29) is 12.0 Å². The van der Waals surface area contributed by atoms with Crippen LogP contribution in [0.4, 0.5) is 0 Å². The molecule has 3 heterocycles. The van der Waals surface area contributed by atoms with Crippen molar-refractivity contribution in [3.8, 4) is 0 Å². The van der Waals surface area contributed by atoms with Gasteiger partial charge in [-0.1, -0.05) is 19.0 Å². The van der Waals surface area contributed by atoms with Gasteiger partial charge in [0.15, 0.2) is 5.82 Å². The second-order valence-corrected chi connectivity index (χ2v) is 7.20. The van der Waals surface area contributed by atoms with Crippen molar-refractivity contribution in [2.24, 2.45) is 5.92 Å². The van der Waals surface area contributed by atoms with Crippen molar-refractivity contribution in [2.75, 3.05) is 13.2 Å². The average Bonchev–Trinajstić information content (AvgIpc) is 3.30. The van der Waals surface area contributed by atoms with Crippen LogP contribution in [0, 0.1) is 5.92 Å². The number of rotatable bonds is 8. The standard InChI is InChI=1S/C18H29N5O2/c1-13(2)17-21-18(25-22-17)16(15-6-11-24-12-7-15)20-14(3)5-10-23-9-4-8-19-23/h4,8-9,13-16,20H,5-7,10-12H2,1-3H3/t14-,16+/m0/s1. The number of hydrogen-bond donors (Lipinski definition) is 1. The van der Waals surface area contributed by atoms with E-state index in [1.165, 1.54) is 0 Å². The topological polar surface area (TPSA) is 78.0 Å². The van der Waals surface area contributed by atoms with Crippen LogP contribution in [-0.2, 0) is 11.3 Å². The van der Waals surface area contributed by atoms with Gasteiger partial charge in [0.05, 0.1) is 6.04 Å². The lowest BCUT2D eigenvalue weighted by atomic mass is 9.91. The fourth-order valence-electron chi connectivity index (χ4n) is 3.21. The van der Waals surface area contributed by atoms with E-state index in [0.717, 1.165) is 44.8 Å². The molecule has 0 amide bonds. The molecule has 0 bridgehead atoms. The summed E-state index contributed by atoms with van der Waals surface area (Å²) in [5.41, 5.74) is 0. The quantitative estimate of drug-likeness (QED) is 0.791. The maximum atomic E-state index is 5.61. The van der Waals surface area contributed by atoms with E-state index >= 15 is 0 Å². The summed E-state index contributed by atoms with van der Waals surface area (Å²) in [6.07, 6.45) is 6.84. The molecule has 0 unspecified atom stereocenters. The lowest BCUT2D eigenvalue weighted by Gasteiger charge is -2.31. The Morgan fingerprint density at radius 1 is 1.28 bits per heavy atom. The molecule has 0 spiro atoms. The number of nitrogens with one attached hydrogen (secondary N) is 1. The Morgan fingerprint density at radius 3 is 2.72 bits per heavy atom. The van der Waals surface area contributed by atoms with Crippen LogP contribution in [0.2, 0.25) is 0 Å². The lowest BCUT2D eigenvalue weighted by molar-refractivity contribution is 0.0468. The zero-order chi connectivity index (χ0) is 17.6. The second kappa shape index (κ2) is 8.58. The van der Waals surface area contributed by atoms with Crippen LogP contribution < -0.4 is 5.32 Å².